The molecule has 1 heterocycles. The van der Waals surface area contributed by atoms with E-state index in [-0.39, 0.29) is 22.6 Å². The van der Waals surface area contributed by atoms with Gasteiger partial charge in [0.2, 0.25) is 0 Å². The minimum atomic E-state index is -0.155. The molecule has 4 nitrogen and oxygen atoms in total. The number of pyridine rings is 1. The van der Waals surface area contributed by atoms with Crippen molar-refractivity contribution in [3.63, 3.8) is 0 Å². The summed E-state index contributed by atoms with van der Waals surface area (Å²) in [4.78, 5) is 29.6. The van der Waals surface area contributed by atoms with Crippen molar-refractivity contribution in [1.29, 1.82) is 0 Å². The lowest BCUT2D eigenvalue weighted by molar-refractivity contribution is 0.0804. The number of benzene rings is 1. The topological polar surface area (TPSA) is 59.1 Å². The fourth-order valence-electron chi connectivity index (χ4n) is 5.12. The van der Waals surface area contributed by atoms with Gasteiger partial charge in [0.15, 0.2) is 5.78 Å². The predicted molar refractivity (Wildman–Crippen MR) is 105 cm³/mol. The Morgan fingerprint density at radius 3 is 2.63 bits per heavy atom. The van der Waals surface area contributed by atoms with Gasteiger partial charge >= 0.3 is 0 Å². The summed E-state index contributed by atoms with van der Waals surface area (Å²) in [6.45, 7) is 2.00. The zero-order chi connectivity index (χ0) is 18.9. The van der Waals surface area contributed by atoms with Gasteiger partial charge in [-0.1, -0.05) is 24.1 Å². The van der Waals surface area contributed by atoms with Gasteiger partial charge in [0.25, 0.3) is 5.91 Å². The Morgan fingerprint density at radius 2 is 1.85 bits per heavy atom. The largest absolute Gasteiger partial charge is 0.347 e. The third-order valence-electron chi connectivity index (χ3n) is 6.41. The molecule has 4 heteroatoms. The second-order valence-electron chi connectivity index (χ2n) is 8.47. The maximum Gasteiger partial charge on any atom is 0.251 e. The smallest absolute Gasteiger partial charge is 0.251 e. The SMILES string of the molecule is Cc1cccc(C(=O)NC23CCCC(CC(=O)c4ccncc4)(CC2)C3)c1. The first-order valence-electron chi connectivity index (χ1n) is 9.82. The van der Waals surface area contributed by atoms with Crippen molar-refractivity contribution in [3.8, 4) is 0 Å². The number of ketones is 1. The van der Waals surface area contributed by atoms with Crippen LogP contribution in [-0.4, -0.2) is 22.2 Å². The maximum absolute atomic E-state index is 12.8. The highest BCUT2D eigenvalue weighted by Crippen LogP contribution is 2.55. The molecule has 1 amide bonds. The summed E-state index contributed by atoms with van der Waals surface area (Å²) >= 11 is 0. The van der Waals surface area contributed by atoms with Crippen molar-refractivity contribution < 1.29 is 9.59 Å². The molecule has 4 rings (SSSR count). The summed E-state index contributed by atoms with van der Waals surface area (Å²) in [6, 6.07) is 11.3. The van der Waals surface area contributed by atoms with Gasteiger partial charge in [0.1, 0.15) is 0 Å². The van der Waals surface area contributed by atoms with E-state index in [0.29, 0.717) is 6.42 Å². The number of carbonyl (C=O) groups excluding carboxylic acids is 2. The third kappa shape index (κ3) is 3.66. The molecule has 2 aliphatic rings. The van der Waals surface area contributed by atoms with E-state index in [1.807, 2.05) is 31.2 Å². The zero-order valence-corrected chi connectivity index (χ0v) is 15.8. The van der Waals surface area contributed by atoms with Crippen LogP contribution in [0.3, 0.4) is 0 Å². The van der Waals surface area contributed by atoms with Crippen LogP contribution in [0.1, 0.15) is 71.2 Å². The van der Waals surface area contributed by atoms with Crippen LogP contribution >= 0.6 is 0 Å². The monoisotopic (exact) mass is 362 g/mol. The molecule has 1 aromatic carbocycles. The Hall–Kier alpha value is -2.49. The van der Waals surface area contributed by atoms with Gasteiger partial charge in [-0.2, -0.15) is 0 Å². The van der Waals surface area contributed by atoms with Gasteiger partial charge in [-0.05, 0) is 68.7 Å². The molecular weight excluding hydrogens is 336 g/mol. The molecule has 27 heavy (non-hydrogen) atoms. The molecule has 0 spiro atoms. The Labute approximate surface area is 160 Å². The van der Waals surface area contributed by atoms with Crippen LogP contribution in [0.4, 0.5) is 0 Å². The Balaban J connectivity index is 1.48. The average Bonchev–Trinajstić information content (AvgIpc) is 2.92. The van der Waals surface area contributed by atoms with Crippen LogP contribution in [-0.2, 0) is 0 Å². The molecule has 2 aromatic rings. The first-order valence-corrected chi connectivity index (χ1v) is 9.82. The number of aryl methyl sites for hydroxylation is 1. The minimum absolute atomic E-state index is 0.0110. The van der Waals surface area contributed by atoms with Gasteiger partial charge < -0.3 is 5.32 Å². The van der Waals surface area contributed by atoms with Crippen molar-refractivity contribution in [2.45, 2.75) is 57.4 Å². The second kappa shape index (κ2) is 6.91. The first kappa shape index (κ1) is 17.9. The number of hydrogen-bond donors (Lipinski definition) is 1. The van der Waals surface area contributed by atoms with E-state index >= 15 is 0 Å². The lowest BCUT2D eigenvalue weighted by Gasteiger charge is -2.40. The van der Waals surface area contributed by atoms with Crippen molar-refractivity contribution >= 4 is 11.7 Å². The standard InChI is InChI=1S/C23H26N2O2/c1-17-4-2-5-19(14-17)21(27)25-23-9-3-8-22(16-23,10-11-23)15-20(26)18-6-12-24-13-7-18/h2,4-7,12-14H,3,8-11,15-16H2,1H3,(H,25,27). The van der Waals surface area contributed by atoms with E-state index < -0.39 is 0 Å². The number of hydrogen-bond acceptors (Lipinski definition) is 3. The summed E-state index contributed by atoms with van der Waals surface area (Å²) in [6.07, 6.45) is 9.96. The van der Waals surface area contributed by atoms with E-state index in [4.69, 9.17) is 0 Å². The minimum Gasteiger partial charge on any atom is -0.347 e. The number of carbonyl (C=O) groups is 2. The van der Waals surface area contributed by atoms with Gasteiger partial charge in [-0.15, -0.1) is 0 Å². The number of rotatable bonds is 5. The number of aromatic nitrogens is 1. The van der Waals surface area contributed by atoms with E-state index in [2.05, 4.69) is 10.3 Å². The molecule has 0 aliphatic heterocycles. The zero-order valence-electron chi connectivity index (χ0n) is 15.8. The highest BCUT2D eigenvalue weighted by atomic mass is 16.2. The molecule has 1 aromatic heterocycles. The van der Waals surface area contributed by atoms with Crippen molar-refractivity contribution in [1.82, 2.24) is 10.3 Å². The van der Waals surface area contributed by atoms with E-state index in [0.717, 1.165) is 55.2 Å². The Morgan fingerprint density at radius 1 is 1.04 bits per heavy atom. The molecular formula is C23H26N2O2. The summed E-state index contributed by atoms with van der Waals surface area (Å²) < 4.78 is 0. The highest BCUT2D eigenvalue weighted by Gasteiger charge is 2.52. The molecule has 2 aliphatic carbocycles. The van der Waals surface area contributed by atoms with Crippen LogP contribution in [0.15, 0.2) is 48.8 Å². The molecule has 0 radical (unpaired) electrons. The van der Waals surface area contributed by atoms with Crippen molar-refractivity contribution in [3.05, 3.63) is 65.5 Å². The number of nitrogens with one attached hydrogen (secondary N) is 1. The Bertz CT molecular complexity index is 864. The quantitative estimate of drug-likeness (QED) is 0.798. The first-order chi connectivity index (χ1) is 13.0. The average molecular weight is 362 g/mol. The van der Waals surface area contributed by atoms with Crippen LogP contribution in [0.2, 0.25) is 0 Å². The van der Waals surface area contributed by atoms with Gasteiger partial charge in [0, 0.05) is 35.5 Å². The summed E-state index contributed by atoms with van der Waals surface area (Å²) in [5.74, 6) is 0.206. The maximum atomic E-state index is 12.8. The molecule has 2 fully saturated rings. The molecule has 2 bridgehead atoms. The lowest BCUT2D eigenvalue weighted by Crippen LogP contribution is -2.49. The number of Topliss-reactive ketones (excluding diaryl/α,β-unsaturated/α-hetero) is 1. The fraction of sp³-hybridized carbons (Fsp3) is 0.435. The van der Waals surface area contributed by atoms with E-state index in [1.165, 1.54) is 0 Å². The van der Waals surface area contributed by atoms with Gasteiger partial charge in [0.05, 0.1) is 0 Å². The molecule has 2 atom stereocenters. The van der Waals surface area contributed by atoms with Crippen LogP contribution in [0, 0.1) is 12.3 Å². The van der Waals surface area contributed by atoms with Gasteiger partial charge in [-0.25, -0.2) is 0 Å². The summed E-state index contributed by atoms with van der Waals surface area (Å²) in [5, 5.41) is 3.34. The summed E-state index contributed by atoms with van der Waals surface area (Å²) in [5.41, 5.74) is 2.43. The highest BCUT2D eigenvalue weighted by molar-refractivity contribution is 5.96. The molecule has 2 saturated carbocycles. The fourth-order valence-corrected chi connectivity index (χ4v) is 5.12. The normalized spacial score (nSPS) is 26.6. The van der Waals surface area contributed by atoms with Gasteiger partial charge in [-0.3, -0.25) is 14.6 Å². The Kier molecular flexibility index (Phi) is 4.58. The van der Waals surface area contributed by atoms with Crippen LogP contribution in [0.5, 0.6) is 0 Å². The number of nitrogens with zero attached hydrogens (tertiary/aromatic N) is 1. The summed E-state index contributed by atoms with van der Waals surface area (Å²) in [7, 11) is 0. The van der Waals surface area contributed by atoms with Crippen molar-refractivity contribution in [2.75, 3.05) is 0 Å². The second-order valence-corrected chi connectivity index (χ2v) is 8.47. The number of fused-ring (bicyclic) bond motifs is 2. The lowest BCUT2D eigenvalue weighted by atomic mass is 9.70. The number of amides is 1. The van der Waals surface area contributed by atoms with E-state index in [9.17, 15) is 9.59 Å². The van der Waals surface area contributed by atoms with E-state index in [1.54, 1.807) is 24.5 Å². The van der Waals surface area contributed by atoms with Crippen LogP contribution < -0.4 is 5.32 Å². The molecule has 1 N–H and O–H groups in total. The predicted octanol–water partition coefficient (Wildman–Crippen LogP) is 4.49. The molecule has 2 unspecified atom stereocenters. The molecule has 140 valence electrons. The van der Waals surface area contributed by atoms with Crippen LogP contribution in [0.25, 0.3) is 0 Å². The van der Waals surface area contributed by atoms with Crippen molar-refractivity contribution in [2.24, 2.45) is 5.41 Å². The molecule has 0 saturated heterocycles. The third-order valence-corrected chi connectivity index (χ3v) is 6.41.